The summed E-state index contributed by atoms with van der Waals surface area (Å²) >= 11 is 11.8. The number of halogens is 2. The molecule has 3 aromatic rings. The summed E-state index contributed by atoms with van der Waals surface area (Å²) in [6.45, 7) is 0.668. The molecule has 0 atom stereocenters. The van der Waals surface area contributed by atoms with Crippen LogP contribution in [0, 0.1) is 0 Å². The highest BCUT2D eigenvalue weighted by molar-refractivity contribution is 6.33. The van der Waals surface area contributed by atoms with Crippen molar-refractivity contribution in [3.05, 3.63) is 52.7 Å². The van der Waals surface area contributed by atoms with Crippen molar-refractivity contribution in [1.82, 2.24) is 19.5 Å². The fourth-order valence-corrected chi connectivity index (χ4v) is 2.06. The fourth-order valence-electron chi connectivity index (χ4n) is 1.75. The van der Waals surface area contributed by atoms with Crippen LogP contribution < -0.4 is 0 Å². The Balaban J connectivity index is 2.00. The summed E-state index contributed by atoms with van der Waals surface area (Å²) in [5.74, 6) is 0. The van der Waals surface area contributed by atoms with Gasteiger partial charge in [-0.2, -0.15) is 0 Å². The van der Waals surface area contributed by atoms with Gasteiger partial charge in [-0.05, 0) is 17.7 Å². The van der Waals surface area contributed by atoms with Gasteiger partial charge in [-0.15, -0.1) is 0 Å². The number of nitrogens with zero attached hydrogens (tertiary/aromatic N) is 4. The monoisotopic (exact) mass is 278 g/mol. The van der Waals surface area contributed by atoms with Crippen molar-refractivity contribution in [2.75, 3.05) is 0 Å². The summed E-state index contributed by atoms with van der Waals surface area (Å²) in [6, 6.07) is 7.66. The Bertz CT molecular complexity index is 691. The first kappa shape index (κ1) is 11.4. The number of imidazole rings is 1. The van der Waals surface area contributed by atoms with Crippen molar-refractivity contribution in [3.63, 3.8) is 0 Å². The third-order valence-corrected chi connectivity index (χ3v) is 3.15. The molecule has 0 N–H and O–H groups in total. The van der Waals surface area contributed by atoms with Gasteiger partial charge in [0.1, 0.15) is 11.8 Å². The maximum absolute atomic E-state index is 5.95. The van der Waals surface area contributed by atoms with E-state index in [1.165, 1.54) is 6.33 Å². The van der Waals surface area contributed by atoms with Gasteiger partial charge >= 0.3 is 0 Å². The van der Waals surface area contributed by atoms with Gasteiger partial charge in [-0.3, -0.25) is 0 Å². The van der Waals surface area contributed by atoms with Crippen LogP contribution in [-0.4, -0.2) is 19.5 Å². The minimum Gasteiger partial charge on any atom is -0.311 e. The van der Waals surface area contributed by atoms with Crippen LogP contribution in [-0.2, 0) is 6.54 Å². The molecule has 2 aromatic heterocycles. The number of benzene rings is 1. The molecule has 4 nitrogen and oxygen atoms in total. The molecule has 0 aliphatic carbocycles. The quantitative estimate of drug-likeness (QED) is 0.677. The second-order valence-corrected chi connectivity index (χ2v) is 4.63. The molecular weight excluding hydrogens is 271 g/mol. The molecule has 2 heterocycles. The van der Waals surface area contributed by atoms with Crippen LogP contribution in [0.3, 0.4) is 0 Å². The highest BCUT2D eigenvalue weighted by atomic mass is 35.5. The molecular formula is C12H8Cl2N4. The third-order valence-electron chi connectivity index (χ3n) is 2.62. The maximum atomic E-state index is 5.95. The summed E-state index contributed by atoms with van der Waals surface area (Å²) < 4.78 is 1.92. The smallest absolute Gasteiger partial charge is 0.165 e. The summed E-state index contributed by atoms with van der Waals surface area (Å²) in [7, 11) is 0. The Morgan fingerprint density at radius 2 is 1.78 bits per heavy atom. The minimum absolute atomic E-state index is 0.370. The molecule has 3 rings (SSSR count). The van der Waals surface area contributed by atoms with E-state index in [9.17, 15) is 0 Å². The van der Waals surface area contributed by atoms with Gasteiger partial charge < -0.3 is 4.57 Å². The van der Waals surface area contributed by atoms with E-state index < -0.39 is 0 Å². The Morgan fingerprint density at radius 1 is 1.00 bits per heavy atom. The highest BCUT2D eigenvalue weighted by Crippen LogP contribution is 2.18. The van der Waals surface area contributed by atoms with E-state index in [2.05, 4.69) is 15.0 Å². The molecule has 18 heavy (non-hydrogen) atoms. The maximum Gasteiger partial charge on any atom is 0.165 e. The predicted octanol–water partition coefficient (Wildman–Crippen LogP) is 3.18. The number of fused-ring (bicyclic) bond motifs is 1. The van der Waals surface area contributed by atoms with Gasteiger partial charge in [0.2, 0.25) is 0 Å². The molecule has 1 aromatic carbocycles. The van der Waals surface area contributed by atoms with Crippen molar-refractivity contribution in [2.45, 2.75) is 6.54 Å². The molecule has 0 saturated carbocycles. The van der Waals surface area contributed by atoms with E-state index >= 15 is 0 Å². The van der Waals surface area contributed by atoms with Crippen molar-refractivity contribution >= 4 is 34.4 Å². The predicted molar refractivity (Wildman–Crippen MR) is 70.9 cm³/mol. The molecule has 0 saturated heterocycles. The van der Waals surface area contributed by atoms with Crippen molar-refractivity contribution in [2.24, 2.45) is 0 Å². The lowest BCUT2D eigenvalue weighted by Crippen LogP contribution is -1.99. The summed E-state index contributed by atoms with van der Waals surface area (Å²) in [5, 5.41) is 1.09. The second kappa shape index (κ2) is 4.55. The SMILES string of the molecule is Clc1ccc(Cn2cnc3c(Cl)ncnc32)cc1. The lowest BCUT2D eigenvalue weighted by Gasteiger charge is -2.03. The van der Waals surface area contributed by atoms with E-state index in [1.807, 2.05) is 28.8 Å². The zero-order chi connectivity index (χ0) is 12.5. The molecule has 6 heteroatoms. The normalized spacial score (nSPS) is 11.0. The van der Waals surface area contributed by atoms with Crippen molar-refractivity contribution in [3.8, 4) is 0 Å². The Morgan fingerprint density at radius 3 is 2.56 bits per heavy atom. The Labute approximate surface area is 113 Å². The first-order chi connectivity index (χ1) is 8.74. The van der Waals surface area contributed by atoms with Crippen LogP contribution in [0.2, 0.25) is 10.2 Å². The number of rotatable bonds is 2. The van der Waals surface area contributed by atoms with Crippen molar-refractivity contribution in [1.29, 1.82) is 0 Å². The standard InChI is InChI=1S/C12H8Cl2N4/c13-9-3-1-8(2-4-9)5-18-7-17-10-11(14)15-6-16-12(10)18/h1-4,6-7H,5H2. The van der Waals surface area contributed by atoms with Gasteiger partial charge in [-0.1, -0.05) is 35.3 Å². The minimum atomic E-state index is 0.370. The third kappa shape index (κ3) is 2.05. The van der Waals surface area contributed by atoms with Crippen LogP contribution in [0.25, 0.3) is 11.2 Å². The fraction of sp³-hybridized carbons (Fsp3) is 0.0833. The largest absolute Gasteiger partial charge is 0.311 e. The topological polar surface area (TPSA) is 43.6 Å². The van der Waals surface area contributed by atoms with E-state index in [4.69, 9.17) is 23.2 Å². The molecule has 0 aliphatic rings. The second-order valence-electron chi connectivity index (χ2n) is 3.84. The first-order valence-electron chi connectivity index (χ1n) is 5.30. The van der Waals surface area contributed by atoms with Crippen LogP contribution in [0.15, 0.2) is 36.9 Å². The zero-order valence-electron chi connectivity index (χ0n) is 9.22. The van der Waals surface area contributed by atoms with Gasteiger partial charge in [0.05, 0.1) is 12.9 Å². The van der Waals surface area contributed by atoms with Crippen LogP contribution in [0.1, 0.15) is 5.56 Å². The molecule has 0 radical (unpaired) electrons. The van der Waals surface area contributed by atoms with Crippen LogP contribution >= 0.6 is 23.2 Å². The summed E-state index contributed by atoms with van der Waals surface area (Å²) in [4.78, 5) is 12.3. The van der Waals surface area contributed by atoms with Gasteiger partial charge in [0, 0.05) is 5.02 Å². The highest BCUT2D eigenvalue weighted by Gasteiger charge is 2.08. The number of hydrogen-bond acceptors (Lipinski definition) is 3. The average Bonchev–Trinajstić information content (AvgIpc) is 2.77. The molecule has 0 unspecified atom stereocenters. The Hall–Kier alpha value is -1.65. The molecule has 0 spiro atoms. The van der Waals surface area contributed by atoms with Crippen molar-refractivity contribution < 1.29 is 0 Å². The lowest BCUT2D eigenvalue weighted by molar-refractivity contribution is 0.813. The lowest BCUT2D eigenvalue weighted by atomic mass is 10.2. The van der Waals surface area contributed by atoms with E-state index in [-0.39, 0.29) is 0 Å². The summed E-state index contributed by atoms with van der Waals surface area (Å²) in [5.41, 5.74) is 2.46. The van der Waals surface area contributed by atoms with E-state index in [1.54, 1.807) is 6.33 Å². The molecule has 0 bridgehead atoms. The first-order valence-corrected chi connectivity index (χ1v) is 6.05. The number of aromatic nitrogens is 4. The van der Waals surface area contributed by atoms with Gasteiger partial charge in [-0.25, -0.2) is 15.0 Å². The molecule has 0 amide bonds. The van der Waals surface area contributed by atoms with Gasteiger partial charge in [0.15, 0.2) is 10.8 Å². The van der Waals surface area contributed by atoms with E-state index in [0.29, 0.717) is 17.2 Å². The average molecular weight is 279 g/mol. The molecule has 0 aliphatic heterocycles. The van der Waals surface area contributed by atoms with Crippen LogP contribution in [0.4, 0.5) is 0 Å². The van der Waals surface area contributed by atoms with Gasteiger partial charge in [0.25, 0.3) is 0 Å². The molecule has 90 valence electrons. The number of hydrogen-bond donors (Lipinski definition) is 0. The zero-order valence-corrected chi connectivity index (χ0v) is 10.7. The summed E-state index contributed by atoms with van der Waals surface area (Å²) in [6.07, 6.45) is 3.14. The Kier molecular flexibility index (Phi) is 2.89. The van der Waals surface area contributed by atoms with Crippen LogP contribution in [0.5, 0.6) is 0 Å². The molecule has 0 fully saturated rings. The van der Waals surface area contributed by atoms with E-state index in [0.717, 1.165) is 16.2 Å².